The molecular formula is C11H11NO2. The molecule has 72 valence electrons. The average Bonchev–Trinajstić information content (AvgIpc) is 2.19. The lowest BCUT2D eigenvalue weighted by atomic mass is 10.1. The summed E-state index contributed by atoms with van der Waals surface area (Å²) < 4.78 is 5.08. The highest BCUT2D eigenvalue weighted by atomic mass is 16.5. The zero-order chi connectivity index (χ0) is 10.6. The molecule has 0 bridgehead atoms. The van der Waals surface area contributed by atoms with Gasteiger partial charge in [-0.25, -0.2) is 0 Å². The van der Waals surface area contributed by atoms with Crippen LogP contribution in [0.4, 0.5) is 0 Å². The molecule has 0 N–H and O–H groups in total. The van der Waals surface area contributed by atoms with Crippen LogP contribution in [0.1, 0.15) is 22.3 Å². The van der Waals surface area contributed by atoms with Gasteiger partial charge in [0.05, 0.1) is 19.6 Å². The molecule has 0 amide bonds. The number of carbonyl (C=O) groups excluding carboxylic acids is 1. The van der Waals surface area contributed by atoms with Gasteiger partial charge < -0.3 is 4.74 Å². The molecule has 0 aromatic heterocycles. The minimum absolute atomic E-state index is 0.0911. The predicted octanol–water partition coefficient (Wildman–Crippen LogP) is 2.10. The topological polar surface area (TPSA) is 50.1 Å². The molecule has 1 aromatic rings. The molecule has 3 nitrogen and oxygen atoms in total. The highest BCUT2D eigenvalue weighted by Crippen LogP contribution is 2.19. The monoisotopic (exact) mass is 189 g/mol. The molecule has 0 atom stereocenters. The number of Topliss-reactive ketones (excluding diaryl/α,β-unsaturated/α-hetero) is 1. The van der Waals surface area contributed by atoms with E-state index in [1.807, 2.05) is 19.1 Å². The Morgan fingerprint density at radius 3 is 2.86 bits per heavy atom. The lowest BCUT2D eigenvalue weighted by molar-refractivity contribution is 0.0997. The number of hydrogen-bond acceptors (Lipinski definition) is 3. The summed E-state index contributed by atoms with van der Waals surface area (Å²) in [6.45, 7) is 1.90. The molecule has 0 aliphatic rings. The number of ketones is 1. The molecule has 0 unspecified atom stereocenters. The number of ether oxygens (including phenoxy) is 1. The Bertz CT molecular complexity index is 391. The van der Waals surface area contributed by atoms with Crippen molar-refractivity contribution < 1.29 is 9.53 Å². The van der Waals surface area contributed by atoms with Crippen LogP contribution in [0.25, 0.3) is 0 Å². The van der Waals surface area contributed by atoms with E-state index < -0.39 is 0 Å². The van der Waals surface area contributed by atoms with Crippen molar-refractivity contribution in [3.63, 3.8) is 0 Å². The van der Waals surface area contributed by atoms with Crippen molar-refractivity contribution in [2.45, 2.75) is 13.3 Å². The first kappa shape index (κ1) is 10.3. The van der Waals surface area contributed by atoms with E-state index in [0.717, 1.165) is 5.56 Å². The fourth-order valence-electron chi connectivity index (χ4n) is 1.17. The van der Waals surface area contributed by atoms with Crippen LogP contribution in [0.3, 0.4) is 0 Å². The maximum atomic E-state index is 11.3. The normalized spacial score (nSPS) is 9.21. The van der Waals surface area contributed by atoms with E-state index in [1.165, 1.54) is 0 Å². The molecule has 0 aliphatic heterocycles. The highest BCUT2D eigenvalue weighted by Gasteiger charge is 2.07. The summed E-state index contributed by atoms with van der Waals surface area (Å²) in [6.07, 6.45) is -0.0911. The first-order valence-electron chi connectivity index (χ1n) is 4.24. The van der Waals surface area contributed by atoms with E-state index in [2.05, 4.69) is 0 Å². The number of nitriles is 1. The number of aryl methyl sites for hydroxylation is 1. The van der Waals surface area contributed by atoms with Crippen molar-refractivity contribution in [2.24, 2.45) is 0 Å². The minimum Gasteiger partial charge on any atom is -0.496 e. The third-order valence-electron chi connectivity index (χ3n) is 1.97. The van der Waals surface area contributed by atoms with Crippen LogP contribution in [0.15, 0.2) is 18.2 Å². The fourth-order valence-corrected chi connectivity index (χ4v) is 1.17. The third-order valence-corrected chi connectivity index (χ3v) is 1.97. The van der Waals surface area contributed by atoms with Crippen LogP contribution in [-0.4, -0.2) is 12.9 Å². The molecule has 14 heavy (non-hydrogen) atoms. The quantitative estimate of drug-likeness (QED) is 0.684. The van der Waals surface area contributed by atoms with E-state index in [4.69, 9.17) is 10.00 Å². The Labute approximate surface area is 82.9 Å². The minimum atomic E-state index is -0.175. The summed E-state index contributed by atoms with van der Waals surface area (Å²) in [7, 11) is 1.56. The molecule has 1 rings (SSSR count). The summed E-state index contributed by atoms with van der Waals surface area (Å²) in [5, 5.41) is 8.38. The molecule has 0 aliphatic carbocycles. The van der Waals surface area contributed by atoms with E-state index in [9.17, 15) is 4.79 Å². The zero-order valence-corrected chi connectivity index (χ0v) is 8.20. The van der Waals surface area contributed by atoms with Crippen LogP contribution in [0, 0.1) is 18.3 Å². The second-order valence-corrected chi connectivity index (χ2v) is 2.94. The number of nitrogens with zero attached hydrogens (tertiary/aromatic N) is 1. The summed E-state index contributed by atoms with van der Waals surface area (Å²) in [6, 6.07) is 7.00. The lowest BCUT2D eigenvalue weighted by Gasteiger charge is -2.05. The maximum Gasteiger partial charge on any atom is 0.177 e. The van der Waals surface area contributed by atoms with Crippen LogP contribution in [-0.2, 0) is 0 Å². The number of hydrogen-bond donors (Lipinski definition) is 0. The Kier molecular flexibility index (Phi) is 3.24. The molecular weight excluding hydrogens is 178 g/mol. The second-order valence-electron chi connectivity index (χ2n) is 2.94. The molecule has 1 aromatic carbocycles. The predicted molar refractivity (Wildman–Crippen MR) is 52.3 cm³/mol. The van der Waals surface area contributed by atoms with Gasteiger partial charge in [0.2, 0.25) is 0 Å². The molecule has 0 heterocycles. The maximum absolute atomic E-state index is 11.3. The van der Waals surface area contributed by atoms with Gasteiger partial charge in [-0.1, -0.05) is 12.1 Å². The van der Waals surface area contributed by atoms with Crippen molar-refractivity contribution in [1.29, 1.82) is 5.26 Å². The number of methoxy groups -OCH3 is 1. The van der Waals surface area contributed by atoms with Gasteiger partial charge in [-0.15, -0.1) is 0 Å². The molecule has 0 spiro atoms. The van der Waals surface area contributed by atoms with Gasteiger partial charge in [0.1, 0.15) is 5.75 Å². The van der Waals surface area contributed by atoms with Crippen molar-refractivity contribution in [3.05, 3.63) is 29.3 Å². The summed E-state index contributed by atoms with van der Waals surface area (Å²) in [5.74, 6) is 0.500. The van der Waals surface area contributed by atoms with Crippen molar-refractivity contribution in [3.8, 4) is 11.8 Å². The Hall–Kier alpha value is -1.82. The van der Waals surface area contributed by atoms with Crippen LogP contribution < -0.4 is 4.74 Å². The van der Waals surface area contributed by atoms with E-state index >= 15 is 0 Å². The van der Waals surface area contributed by atoms with Gasteiger partial charge in [0.15, 0.2) is 5.78 Å². The molecule has 3 heteroatoms. The van der Waals surface area contributed by atoms with Gasteiger partial charge in [0, 0.05) is 5.56 Å². The van der Waals surface area contributed by atoms with Crippen LogP contribution in [0.2, 0.25) is 0 Å². The molecule has 0 saturated heterocycles. The van der Waals surface area contributed by atoms with E-state index in [1.54, 1.807) is 19.2 Å². The second kappa shape index (κ2) is 4.43. The van der Waals surface area contributed by atoms with Gasteiger partial charge >= 0.3 is 0 Å². The molecule has 0 radical (unpaired) electrons. The van der Waals surface area contributed by atoms with Gasteiger partial charge in [-0.05, 0) is 18.6 Å². The largest absolute Gasteiger partial charge is 0.496 e. The number of rotatable bonds is 3. The Morgan fingerprint density at radius 2 is 2.29 bits per heavy atom. The Morgan fingerprint density at radius 1 is 1.57 bits per heavy atom. The zero-order valence-electron chi connectivity index (χ0n) is 8.20. The standard InChI is InChI=1S/C11H11NO2/c1-8-3-4-9(7-11(8)14-2)10(13)5-6-12/h3-4,7H,5H2,1-2H3. The first-order chi connectivity index (χ1) is 6.69. The third kappa shape index (κ3) is 2.11. The van der Waals surface area contributed by atoms with Gasteiger partial charge in [-0.3, -0.25) is 4.79 Å². The van der Waals surface area contributed by atoms with Crippen LogP contribution in [0.5, 0.6) is 5.75 Å². The average molecular weight is 189 g/mol. The number of benzene rings is 1. The van der Waals surface area contributed by atoms with E-state index in [-0.39, 0.29) is 12.2 Å². The van der Waals surface area contributed by atoms with Crippen LogP contribution >= 0.6 is 0 Å². The molecule has 0 saturated carbocycles. The van der Waals surface area contributed by atoms with Crippen molar-refractivity contribution in [2.75, 3.05) is 7.11 Å². The van der Waals surface area contributed by atoms with Gasteiger partial charge in [0.25, 0.3) is 0 Å². The summed E-state index contributed by atoms with van der Waals surface area (Å²) >= 11 is 0. The summed E-state index contributed by atoms with van der Waals surface area (Å²) in [4.78, 5) is 11.3. The van der Waals surface area contributed by atoms with E-state index in [0.29, 0.717) is 11.3 Å². The van der Waals surface area contributed by atoms with Gasteiger partial charge in [-0.2, -0.15) is 5.26 Å². The van der Waals surface area contributed by atoms with Crippen molar-refractivity contribution in [1.82, 2.24) is 0 Å². The lowest BCUT2D eigenvalue weighted by Crippen LogP contribution is -1.98. The number of carbonyl (C=O) groups is 1. The first-order valence-corrected chi connectivity index (χ1v) is 4.24. The smallest absolute Gasteiger partial charge is 0.177 e. The fraction of sp³-hybridized carbons (Fsp3) is 0.273. The Balaban J connectivity index is 3.01. The van der Waals surface area contributed by atoms with Crippen molar-refractivity contribution >= 4 is 5.78 Å². The SMILES string of the molecule is COc1cc(C(=O)CC#N)ccc1C. The highest BCUT2D eigenvalue weighted by molar-refractivity contribution is 5.97. The summed E-state index contributed by atoms with van der Waals surface area (Å²) in [5.41, 5.74) is 1.50. The molecule has 0 fully saturated rings.